The van der Waals surface area contributed by atoms with E-state index >= 15 is 0 Å². The molecule has 0 amide bonds. The summed E-state index contributed by atoms with van der Waals surface area (Å²) in [5.74, 6) is -0.843. The topological polar surface area (TPSA) is 111 Å². The SMILES string of the molecule is CCCC/C=C\CCCCCCCC(=O)OCC(COP(=O)([O-])OCC[N+](C)(C)C)OC(=O)CCCCCCCCCCCCCCCC/C=C\C/C=C\C/C=C\CCCCCCC. The second kappa shape index (κ2) is 46.1. The van der Waals surface area contributed by atoms with E-state index in [9.17, 15) is 19.0 Å². The molecule has 0 bridgehead atoms. The van der Waals surface area contributed by atoms with Crippen molar-refractivity contribution in [3.63, 3.8) is 0 Å². The molecule has 0 saturated heterocycles. The van der Waals surface area contributed by atoms with Gasteiger partial charge in [0.25, 0.3) is 7.82 Å². The Bertz CT molecular complexity index is 1230. The number of phosphoric acid groups is 1. The molecular weight excluding hydrogens is 822 g/mol. The molecule has 0 aromatic heterocycles. The Morgan fingerprint density at radius 3 is 1.31 bits per heavy atom. The van der Waals surface area contributed by atoms with Crippen LogP contribution in [0.15, 0.2) is 48.6 Å². The fraction of sp³-hybridized carbons (Fsp3) is 0.815. The van der Waals surface area contributed by atoms with Gasteiger partial charge in [0.05, 0.1) is 27.7 Å². The quantitative estimate of drug-likeness (QED) is 0.0195. The van der Waals surface area contributed by atoms with Gasteiger partial charge in [0.15, 0.2) is 6.10 Å². The minimum Gasteiger partial charge on any atom is -0.756 e. The van der Waals surface area contributed by atoms with Crippen LogP contribution in [0, 0.1) is 0 Å². The van der Waals surface area contributed by atoms with Crippen molar-refractivity contribution >= 4 is 19.8 Å². The van der Waals surface area contributed by atoms with Crippen LogP contribution in [0.4, 0.5) is 0 Å². The number of hydrogen-bond donors (Lipinski definition) is 0. The number of hydrogen-bond acceptors (Lipinski definition) is 8. The lowest BCUT2D eigenvalue weighted by Gasteiger charge is -2.28. The highest BCUT2D eigenvalue weighted by molar-refractivity contribution is 7.45. The Kier molecular flexibility index (Phi) is 44.6. The number of carbonyl (C=O) groups excluding carboxylic acids is 2. The maximum atomic E-state index is 12.7. The summed E-state index contributed by atoms with van der Waals surface area (Å²) < 4.78 is 34.0. The zero-order chi connectivity index (χ0) is 47.1. The molecule has 0 radical (unpaired) electrons. The first kappa shape index (κ1) is 62.0. The molecule has 2 atom stereocenters. The third-order valence-electron chi connectivity index (χ3n) is 11.3. The van der Waals surface area contributed by atoms with E-state index in [4.69, 9.17) is 18.5 Å². The van der Waals surface area contributed by atoms with Crippen molar-refractivity contribution in [2.45, 2.75) is 238 Å². The molecule has 64 heavy (non-hydrogen) atoms. The standard InChI is InChI=1S/C54H100NO8P/c1-6-8-10-12-14-16-18-19-20-21-22-23-24-25-26-27-28-29-30-31-32-33-34-35-37-39-41-43-45-47-54(57)63-52(51-62-64(58,59)61-49-48-55(3,4)5)50-60-53(56)46-44-42-40-38-36-17-15-13-11-9-7-2/h13,15,18-19,21-22,24-25,52H,6-12,14,16-17,20,23,26-51H2,1-5H3/b15-13-,19-18-,22-21-,25-24-. The van der Waals surface area contributed by atoms with Gasteiger partial charge in [0, 0.05) is 12.8 Å². The van der Waals surface area contributed by atoms with E-state index < -0.39 is 32.5 Å². The van der Waals surface area contributed by atoms with Crippen LogP contribution in [0.3, 0.4) is 0 Å². The molecule has 0 fully saturated rings. The second-order valence-corrected chi connectivity index (χ2v) is 20.3. The van der Waals surface area contributed by atoms with Crippen molar-refractivity contribution in [3.8, 4) is 0 Å². The average Bonchev–Trinajstić information content (AvgIpc) is 3.25. The van der Waals surface area contributed by atoms with Gasteiger partial charge < -0.3 is 27.9 Å². The van der Waals surface area contributed by atoms with Gasteiger partial charge in [0.1, 0.15) is 19.8 Å². The minimum atomic E-state index is -4.63. The van der Waals surface area contributed by atoms with Crippen molar-refractivity contribution in [2.75, 3.05) is 47.5 Å². The van der Waals surface area contributed by atoms with Crippen LogP contribution in [0.25, 0.3) is 0 Å². The Labute approximate surface area is 394 Å². The molecule has 9 nitrogen and oxygen atoms in total. The smallest absolute Gasteiger partial charge is 0.306 e. The van der Waals surface area contributed by atoms with Crippen molar-refractivity contribution in [1.82, 2.24) is 0 Å². The molecule has 0 spiro atoms. The molecule has 0 aliphatic heterocycles. The van der Waals surface area contributed by atoms with E-state index in [1.54, 1.807) is 0 Å². The third-order valence-corrected chi connectivity index (χ3v) is 12.3. The Balaban J connectivity index is 4.09. The fourth-order valence-corrected chi connectivity index (χ4v) is 7.90. The monoisotopic (exact) mass is 922 g/mol. The Morgan fingerprint density at radius 1 is 0.484 bits per heavy atom. The Hall–Kier alpha value is -2.03. The summed E-state index contributed by atoms with van der Waals surface area (Å²) in [5, 5.41) is 0. The fourth-order valence-electron chi connectivity index (χ4n) is 7.17. The summed E-state index contributed by atoms with van der Waals surface area (Å²) in [7, 11) is 1.16. The number of allylic oxidation sites excluding steroid dienone is 8. The first-order chi connectivity index (χ1) is 31.0. The van der Waals surface area contributed by atoms with E-state index in [0.717, 1.165) is 77.0 Å². The highest BCUT2D eigenvalue weighted by Gasteiger charge is 2.21. The first-order valence-corrected chi connectivity index (χ1v) is 27.8. The summed E-state index contributed by atoms with van der Waals surface area (Å²) in [4.78, 5) is 37.6. The lowest BCUT2D eigenvalue weighted by atomic mass is 10.0. The van der Waals surface area contributed by atoms with E-state index in [0.29, 0.717) is 17.4 Å². The maximum absolute atomic E-state index is 12.7. The molecule has 0 heterocycles. The number of carbonyl (C=O) groups is 2. The van der Waals surface area contributed by atoms with Crippen LogP contribution < -0.4 is 4.89 Å². The molecule has 374 valence electrons. The summed E-state index contributed by atoms with van der Waals surface area (Å²) >= 11 is 0. The van der Waals surface area contributed by atoms with Crippen LogP contribution >= 0.6 is 7.82 Å². The third kappa shape index (κ3) is 49.4. The van der Waals surface area contributed by atoms with Crippen LogP contribution in [-0.2, 0) is 32.7 Å². The number of phosphoric ester groups is 1. The predicted molar refractivity (Wildman–Crippen MR) is 268 cm³/mol. The number of esters is 2. The van der Waals surface area contributed by atoms with Gasteiger partial charge in [-0.05, 0) is 70.6 Å². The first-order valence-electron chi connectivity index (χ1n) is 26.3. The molecule has 0 aromatic carbocycles. The van der Waals surface area contributed by atoms with Gasteiger partial charge in [-0.15, -0.1) is 0 Å². The van der Waals surface area contributed by atoms with Crippen LogP contribution in [-0.4, -0.2) is 70.0 Å². The number of quaternary nitrogens is 1. The van der Waals surface area contributed by atoms with Gasteiger partial charge in [0.2, 0.25) is 0 Å². The number of rotatable bonds is 48. The number of likely N-dealkylation sites (N-methyl/N-ethyl adjacent to an activating group) is 1. The van der Waals surface area contributed by atoms with E-state index in [1.807, 2.05) is 21.1 Å². The summed E-state index contributed by atoms with van der Waals surface area (Å²) in [6.07, 6.45) is 55.9. The van der Waals surface area contributed by atoms with E-state index in [2.05, 4.69) is 62.5 Å². The zero-order valence-corrected chi connectivity index (χ0v) is 43.1. The molecule has 0 saturated carbocycles. The van der Waals surface area contributed by atoms with Crippen LogP contribution in [0.1, 0.15) is 232 Å². The van der Waals surface area contributed by atoms with Crippen molar-refractivity contribution in [1.29, 1.82) is 0 Å². The lowest BCUT2D eigenvalue weighted by molar-refractivity contribution is -0.870. The molecular formula is C54H100NO8P. The van der Waals surface area contributed by atoms with Crippen molar-refractivity contribution < 1.29 is 42.1 Å². The molecule has 0 rings (SSSR count). The number of nitrogens with zero attached hydrogens (tertiary/aromatic N) is 1. The predicted octanol–water partition coefficient (Wildman–Crippen LogP) is 15.2. The molecule has 0 aliphatic carbocycles. The van der Waals surface area contributed by atoms with Gasteiger partial charge in [-0.25, -0.2) is 0 Å². The average molecular weight is 922 g/mol. The molecule has 0 aromatic rings. The highest BCUT2D eigenvalue weighted by Crippen LogP contribution is 2.38. The largest absolute Gasteiger partial charge is 0.756 e. The number of ether oxygens (including phenoxy) is 2. The van der Waals surface area contributed by atoms with Gasteiger partial charge in [-0.1, -0.05) is 197 Å². The van der Waals surface area contributed by atoms with Crippen LogP contribution in [0.5, 0.6) is 0 Å². The van der Waals surface area contributed by atoms with Gasteiger partial charge in [-0.2, -0.15) is 0 Å². The molecule has 2 unspecified atom stereocenters. The van der Waals surface area contributed by atoms with Crippen molar-refractivity contribution in [2.24, 2.45) is 0 Å². The second-order valence-electron chi connectivity index (χ2n) is 18.9. The Morgan fingerprint density at radius 2 is 0.859 bits per heavy atom. The lowest BCUT2D eigenvalue weighted by Crippen LogP contribution is -2.37. The van der Waals surface area contributed by atoms with Gasteiger partial charge in [-0.3, -0.25) is 14.2 Å². The zero-order valence-electron chi connectivity index (χ0n) is 42.2. The molecule has 10 heteroatoms. The van der Waals surface area contributed by atoms with Crippen LogP contribution in [0.2, 0.25) is 0 Å². The van der Waals surface area contributed by atoms with Crippen molar-refractivity contribution in [3.05, 3.63) is 48.6 Å². The van der Waals surface area contributed by atoms with Gasteiger partial charge >= 0.3 is 11.9 Å². The van der Waals surface area contributed by atoms with E-state index in [1.165, 1.54) is 122 Å². The van der Waals surface area contributed by atoms with E-state index in [-0.39, 0.29) is 26.1 Å². The summed E-state index contributed by atoms with van der Waals surface area (Å²) in [6.45, 7) is 4.18. The minimum absolute atomic E-state index is 0.0325. The highest BCUT2D eigenvalue weighted by atomic mass is 31.2. The number of unbranched alkanes of at least 4 members (excludes halogenated alkanes) is 26. The summed E-state index contributed by atoms with van der Waals surface area (Å²) in [5.41, 5.74) is 0. The molecule has 0 aliphatic rings. The normalized spacial score (nSPS) is 13.8. The molecule has 0 N–H and O–H groups in total. The maximum Gasteiger partial charge on any atom is 0.306 e. The summed E-state index contributed by atoms with van der Waals surface area (Å²) in [6, 6.07) is 0.